The van der Waals surface area contributed by atoms with E-state index in [9.17, 15) is 4.79 Å². The van der Waals surface area contributed by atoms with Crippen molar-refractivity contribution in [1.29, 1.82) is 0 Å². The Labute approximate surface area is 205 Å². The molecule has 1 aromatic heterocycles. The maximum atomic E-state index is 12.7. The van der Waals surface area contributed by atoms with Crippen molar-refractivity contribution in [3.05, 3.63) is 29.8 Å². The minimum absolute atomic E-state index is 0.0414. The molecule has 3 aliphatic heterocycles. The van der Waals surface area contributed by atoms with Crippen LogP contribution in [0.3, 0.4) is 0 Å². The lowest BCUT2D eigenvalue weighted by Crippen LogP contribution is -2.35. The average molecular weight is 487 g/mol. The molecule has 1 aromatic carbocycles. The number of amides is 1. The molecule has 10 heteroatoms. The molecular weight excluding hydrogens is 452 g/mol. The number of nitrogens with one attached hydrogen (secondary N) is 1. The molecule has 3 fully saturated rings. The van der Waals surface area contributed by atoms with Crippen LogP contribution in [0.4, 0.5) is 11.6 Å². The summed E-state index contributed by atoms with van der Waals surface area (Å²) in [5.74, 6) is 1.16. The van der Waals surface area contributed by atoms with Crippen LogP contribution >= 0.6 is 11.8 Å². The van der Waals surface area contributed by atoms with Gasteiger partial charge in [0.05, 0.1) is 31.6 Å². The Kier molecular flexibility index (Phi) is 8.00. The summed E-state index contributed by atoms with van der Waals surface area (Å²) < 4.78 is 13.4. The minimum Gasteiger partial charge on any atom is -0.379 e. The number of nitrogens with zero attached hydrogens (tertiary/aromatic N) is 5. The number of anilines is 2. The van der Waals surface area contributed by atoms with Gasteiger partial charge in [0.1, 0.15) is 0 Å². The monoisotopic (exact) mass is 486 g/mol. The number of carbonyl (C=O) groups excluding carboxylic acids is 1. The van der Waals surface area contributed by atoms with E-state index in [4.69, 9.17) is 9.47 Å². The number of carbonyl (C=O) groups is 1. The lowest BCUT2D eigenvalue weighted by Gasteiger charge is -2.26. The van der Waals surface area contributed by atoms with Gasteiger partial charge < -0.3 is 19.7 Å². The van der Waals surface area contributed by atoms with Crippen molar-refractivity contribution in [2.75, 3.05) is 62.0 Å². The number of aromatic nitrogens is 3. The first-order valence-electron chi connectivity index (χ1n) is 12.4. The normalized spacial score (nSPS) is 21.3. The molecule has 0 radical (unpaired) electrons. The molecule has 1 N–H and O–H groups in total. The van der Waals surface area contributed by atoms with Crippen LogP contribution in [-0.2, 0) is 27.4 Å². The molecule has 0 bridgehead atoms. The quantitative estimate of drug-likeness (QED) is 0.542. The fraction of sp³-hybridized carbons (Fsp3) is 0.625. The van der Waals surface area contributed by atoms with Crippen molar-refractivity contribution in [2.24, 2.45) is 0 Å². The van der Waals surface area contributed by atoms with Gasteiger partial charge in [0.25, 0.3) is 0 Å². The zero-order chi connectivity index (χ0) is 23.2. The summed E-state index contributed by atoms with van der Waals surface area (Å²) in [6, 6.07) is 8.12. The number of rotatable bonds is 9. The van der Waals surface area contributed by atoms with Gasteiger partial charge >= 0.3 is 0 Å². The van der Waals surface area contributed by atoms with Gasteiger partial charge in [-0.25, -0.2) is 0 Å². The van der Waals surface area contributed by atoms with Crippen molar-refractivity contribution < 1.29 is 14.3 Å². The highest BCUT2D eigenvalue weighted by Crippen LogP contribution is 2.27. The molecule has 3 saturated heterocycles. The largest absolute Gasteiger partial charge is 0.379 e. The van der Waals surface area contributed by atoms with Gasteiger partial charge in [-0.15, -0.1) is 10.2 Å². The third-order valence-corrected chi connectivity index (χ3v) is 7.54. The van der Waals surface area contributed by atoms with E-state index in [-0.39, 0.29) is 12.0 Å². The van der Waals surface area contributed by atoms with Crippen molar-refractivity contribution in [2.45, 2.75) is 50.0 Å². The Hall–Kier alpha value is -2.14. The highest BCUT2D eigenvalue weighted by atomic mass is 32.2. The minimum atomic E-state index is -0.0414. The highest BCUT2D eigenvalue weighted by molar-refractivity contribution is 7.99. The Morgan fingerprint density at radius 1 is 1.03 bits per heavy atom. The number of morpholine rings is 1. The zero-order valence-electron chi connectivity index (χ0n) is 19.7. The molecule has 9 nitrogen and oxygen atoms in total. The fourth-order valence-corrected chi connectivity index (χ4v) is 5.47. The van der Waals surface area contributed by atoms with Crippen LogP contribution in [0.15, 0.2) is 29.4 Å². The molecule has 0 unspecified atom stereocenters. The van der Waals surface area contributed by atoms with E-state index < -0.39 is 0 Å². The number of benzene rings is 1. The molecule has 4 heterocycles. The van der Waals surface area contributed by atoms with Crippen LogP contribution in [0, 0.1) is 0 Å². The lowest BCUT2D eigenvalue weighted by molar-refractivity contribution is -0.113. The first kappa shape index (κ1) is 23.6. The molecule has 1 amide bonds. The number of hydrogen-bond acceptors (Lipinski definition) is 8. The molecule has 1 atom stereocenters. The second-order valence-corrected chi connectivity index (χ2v) is 10.1. The number of ether oxygens (including phenoxy) is 2. The standard InChI is InChI=1S/C24H34N6O3S/c31-22(25-20-7-5-19(6-8-20)16-28-11-14-32-15-12-28)18-34-24-27-26-23(29-9-1-2-10-29)30(24)17-21-4-3-13-33-21/h5-8,21H,1-4,9-18H2,(H,25,31)/t21-/m1/s1. The van der Waals surface area contributed by atoms with E-state index in [2.05, 4.69) is 42.0 Å². The summed E-state index contributed by atoms with van der Waals surface area (Å²) in [4.78, 5) is 17.3. The van der Waals surface area contributed by atoms with E-state index in [1.165, 1.54) is 30.2 Å². The SMILES string of the molecule is O=C(CSc1nnc(N2CCCC2)n1C[C@H]1CCCO1)Nc1ccc(CN2CCOCC2)cc1. The summed E-state index contributed by atoms with van der Waals surface area (Å²) in [6.45, 7) is 8.02. The van der Waals surface area contributed by atoms with Crippen LogP contribution in [0.5, 0.6) is 0 Å². The molecule has 184 valence electrons. The fourth-order valence-electron chi connectivity index (χ4n) is 4.73. The van der Waals surface area contributed by atoms with Gasteiger partial charge in [-0.2, -0.15) is 0 Å². The van der Waals surface area contributed by atoms with Gasteiger partial charge in [-0.05, 0) is 43.4 Å². The van der Waals surface area contributed by atoms with Gasteiger partial charge in [-0.3, -0.25) is 14.3 Å². The Bertz CT molecular complexity index is 935. The maximum absolute atomic E-state index is 12.7. The van der Waals surface area contributed by atoms with Crippen molar-refractivity contribution in [3.63, 3.8) is 0 Å². The van der Waals surface area contributed by atoms with Gasteiger partial charge in [0, 0.05) is 45.0 Å². The number of hydrogen-bond donors (Lipinski definition) is 1. The molecule has 5 rings (SSSR count). The lowest BCUT2D eigenvalue weighted by atomic mass is 10.2. The summed E-state index contributed by atoms with van der Waals surface area (Å²) >= 11 is 1.44. The third kappa shape index (κ3) is 6.10. The van der Waals surface area contributed by atoms with Crippen molar-refractivity contribution >= 4 is 29.3 Å². The molecular formula is C24H34N6O3S. The molecule has 0 aliphatic carbocycles. The van der Waals surface area contributed by atoms with Crippen LogP contribution in [0.2, 0.25) is 0 Å². The highest BCUT2D eigenvalue weighted by Gasteiger charge is 2.25. The van der Waals surface area contributed by atoms with E-state index in [0.717, 1.165) is 88.7 Å². The van der Waals surface area contributed by atoms with Gasteiger partial charge in [-0.1, -0.05) is 23.9 Å². The van der Waals surface area contributed by atoms with Crippen molar-refractivity contribution in [1.82, 2.24) is 19.7 Å². The predicted molar refractivity (Wildman–Crippen MR) is 132 cm³/mol. The molecule has 34 heavy (non-hydrogen) atoms. The molecule has 2 aromatic rings. The number of thioether (sulfide) groups is 1. The van der Waals surface area contributed by atoms with Gasteiger partial charge in [0.2, 0.25) is 11.9 Å². The summed E-state index contributed by atoms with van der Waals surface area (Å²) in [5, 5.41) is 12.7. The summed E-state index contributed by atoms with van der Waals surface area (Å²) in [5.41, 5.74) is 2.06. The Balaban J connectivity index is 1.16. The Morgan fingerprint density at radius 2 is 1.82 bits per heavy atom. The second-order valence-electron chi connectivity index (χ2n) is 9.14. The van der Waals surface area contributed by atoms with E-state index >= 15 is 0 Å². The van der Waals surface area contributed by atoms with E-state index in [1.807, 2.05) is 12.1 Å². The van der Waals surface area contributed by atoms with Crippen molar-refractivity contribution in [3.8, 4) is 0 Å². The smallest absolute Gasteiger partial charge is 0.234 e. The summed E-state index contributed by atoms with van der Waals surface area (Å²) in [7, 11) is 0. The predicted octanol–water partition coefficient (Wildman–Crippen LogP) is 2.62. The average Bonchev–Trinajstić information content (AvgIpc) is 3.63. The molecule has 0 spiro atoms. The molecule has 3 aliphatic rings. The topological polar surface area (TPSA) is 84.8 Å². The van der Waals surface area contributed by atoms with Crippen LogP contribution in [0.25, 0.3) is 0 Å². The summed E-state index contributed by atoms with van der Waals surface area (Å²) in [6.07, 6.45) is 4.72. The first-order valence-corrected chi connectivity index (χ1v) is 13.3. The van der Waals surface area contributed by atoms with Crippen LogP contribution < -0.4 is 10.2 Å². The Morgan fingerprint density at radius 3 is 2.56 bits per heavy atom. The first-order chi connectivity index (χ1) is 16.7. The van der Waals surface area contributed by atoms with Gasteiger partial charge in [0.15, 0.2) is 5.16 Å². The van der Waals surface area contributed by atoms with E-state index in [1.54, 1.807) is 0 Å². The van der Waals surface area contributed by atoms with E-state index in [0.29, 0.717) is 5.75 Å². The second kappa shape index (κ2) is 11.5. The van der Waals surface area contributed by atoms with Crippen LogP contribution in [0.1, 0.15) is 31.2 Å². The van der Waals surface area contributed by atoms with Crippen LogP contribution in [-0.4, -0.2) is 83.4 Å². The third-order valence-electron chi connectivity index (χ3n) is 6.58. The molecule has 0 saturated carbocycles. The maximum Gasteiger partial charge on any atom is 0.234 e. The zero-order valence-corrected chi connectivity index (χ0v) is 20.5.